The van der Waals surface area contributed by atoms with Gasteiger partial charge in [-0.15, -0.1) is 0 Å². The van der Waals surface area contributed by atoms with Gasteiger partial charge in [0.15, 0.2) is 5.76 Å². The maximum atomic E-state index is 12.3. The fraction of sp³-hybridized carbons (Fsp3) is 0.118. The Kier molecular flexibility index (Phi) is 3.67. The van der Waals surface area contributed by atoms with E-state index in [1.807, 2.05) is 49.4 Å². The molecule has 3 aromatic rings. The maximum Gasteiger partial charge on any atom is 0.287 e. The molecule has 3 rings (SSSR count). The number of para-hydroxylation sites is 1. The molecule has 0 bridgehead atoms. The minimum absolute atomic E-state index is 0.233. The summed E-state index contributed by atoms with van der Waals surface area (Å²) in [5.74, 6) is 0.117. The zero-order chi connectivity index (χ0) is 14.8. The van der Waals surface area contributed by atoms with Crippen molar-refractivity contribution < 1.29 is 9.21 Å². The first-order valence-corrected chi connectivity index (χ1v) is 7.04. The van der Waals surface area contributed by atoms with Crippen LogP contribution in [0.4, 0.5) is 0 Å². The normalized spacial score (nSPS) is 10.8. The number of fused-ring (bicyclic) bond motifs is 1. The average Bonchev–Trinajstić information content (AvgIpc) is 2.84. The maximum absolute atomic E-state index is 12.3. The number of aryl methyl sites for hydroxylation is 1. The van der Waals surface area contributed by atoms with E-state index in [1.54, 1.807) is 6.07 Å². The highest BCUT2D eigenvalue weighted by Crippen LogP contribution is 2.25. The summed E-state index contributed by atoms with van der Waals surface area (Å²) >= 11 is 6.07. The third-order valence-electron chi connectivity index (χ3n) is 3.45. The molecule has 0 spiro atoms. The SMILES string of the molecule is Cc1c(C(=O)NCc2ccccc2Cl)oc2ccccc12. The molecule has 1 N–H and O–H groups in total. The van der Waals surface area contributed by atoms with Gasteiger partial charge in [0, 0.05) is 22.5 Å². The molecule has 0 unspecified atom stereocenters. The fourth-order valence-electron chi connectivity index (χ4n) is 2.29. The molecule has 4 heteroatoms. The number of carbonyl (C=O) groups is 1. The van der Waals surface area contributed by atoms with Crippen molar-refractivity contribution in [3.63, 3.8) is 0 Å². The number of rotatable bonds is 3. The van der Waals surface area contributed by atoms with Gasteiger partial charge in [0.1, 0.15) is 5.58 Å². The van der Waals surface area contributed by atoms with Crippen LogP contribution in [0.3, 0.4) is 0 Å². The van der Waals surface area contributed by atoms with E-state index in [1.165, 1.54) is 0 Å². The van der Waals surface area contributed by atoms with Gasteiger partial charge in [-0.2, -0.15) is 0 Å². The average molecular weight is 300 g/mol. The smallest absolute Gasteiger partial charge is 0.287 e. The topological polar surface area (TPSA) is 42.2 Å². The summed E-state index contributed by atoms with van der Waals surface area (Å²) in [6, 6.07) is 15.0. The highest BCUT2D eigenvalue weighted by atomic mass is 35.5. The van der Waals surface area contributed by atoms with Gasteiger partial charge in [0.25, 0.3) is 5.91 Å². The second-order valence-electron chi connectivity index (χ2n) is 4.83. The molecule has 3 nitrogen and oxygen atoms in total. The third-order valence-corrected chi connectivity index (χ3v) is 3.82. The van der Waals surface area contributed by atoms with E-state index in [2.05, 4.69) is 5.32 Å². The first-order chi connectivity index (χ1) is 10.2. The van der Waals surface area contributed by atoms with Crippen molar-refractivity contribution in [1.82, 2.24) is 5.32 Å². The zero-order valence-corrected chi connectivity index (χ0v) is 12.3. The molecule has 1 heterocycles. The molecular weight excluding hydrogens is 286 g/mol. The number of amides is 1. The summed E-state index contributed by atoms with van der Waals surface area (Å²) in [5, 5.41) is 4.44. The number of hydrogen-bond donors (Lipinski definition) is 1. The third kappa shape index (κ3) is 2.65. The van der Waals surface area contributed by atoms with E-state index in [-0.39, 0.29) is 5.91 Å². The van der Waals surface area contributed by atoms with Crippen LogP contribution in [0.15, 0.2) is 52.9 Å². The lowest BCUT2D eigenvalue weighted by atomic mass is 10.1. The van der Waals surface area contributed by atoms with Crippen molar-refractivity contribution in [3.8, 4) is 0 Å². The van der Waals surface area contributed by atoms with Gasteiger partial charge < -0.3 is 9.73 Å². The van der Waals surface area contributed by atoms with Gasteiger partial charge in [0.05, 0.1) is 0 Å². The Morgan fingerprint density at radius 1 is 1.14 bits per heavy atom. The van der Waals surface area contributed by atoms with Gasteiger partial charge in [-0.1, -0.05) is 48.0 Å². The Balaban J connectivity index is 1.81. The summed E-state index contributed by atoms with van der Waals surface area (Å²) in [7, 11) is 0. The Bertz CT molecular complexity index is 807. The van der Waals surface area contributed by atoms with Crippen LogP contribution in [0.5, 0.6) is 0 Å². The van der Waals surface area contributed by atoms with E-state index in [0.29, 0.717) is 17.3 Å². The minimum Gasteiger partial charge on any atom is -0.451 e. The molecule has 0 saturated carbocycles. The van der Waals surface area contributed by atoms with E-state index in [4.69, 9.17) is 16.0 Å². The summed E-state index contributed by atoms with van der Waals surface area (Å²) in [6.07, 6.45) is 0. The number of halogens is 1. The Morgan fingerprint density at radius 2 is 1.86 bits per heavy atom. The van der Waals surface area contributed by atoms with E-state index >= 15 is 0 Å². The molecule has 1 aromatic heterocycles. The summed E-state index contributed by atoms with van der Waals surface area (Å²) < 4.78 is 5.63. The van der Waals surface area contributed by atoms with Crippen LogP contribution in [0.1, 0.15) is 21.7 Å². The predicted molar refractivity (Wildman–Crippen MR) is 83.6 cm³/mol. The van der Waals surface area contributed by atoms with Crippen LogP contribution in [-0.2, 0) is 6.54 Å². The molecule has 0 aliphatic heterocycles. The molecule has 0 fully saturated rings. The van der Waals surface area contributed by atoms with Crippen LogP contribution in [0.25, 0.3) is 11.0 Å². The molecule has 0 atom stereocenters. The number of carbonyl (C=O) groups excluding carboxylic acids is 1. The first kappa shape index (κ1) is 13.7. The lowest BCUT2D eigenvalue weighted by Gasteiger charge is -2.05. The lowest BCUT2D eigenvalue weighted by molar-refractivity contribution is 0.0924. The Morgan fingerprint density at radius 3 is 2.62 bits per heavy atom. The summed E-state index contributed by atoms with van der Waals surface area (Å²) in [6.45, 7) is 2.26. The number of nitrogens with one attached hydrogen (secondary N) is 1. The molecule has 21 heavy (non-hydrogen) atoms. The van der Waals surface area contributed by atoms with Crippen LogP contribution < -0.4 is 5.32 Å². The highest BCUT2D eigenvalue weighted by molar-refractivity contribution is 6.31. The van der Waals surface area contributed by atoms with Crippen LogP contribution in [0.2, 0.25) is 5.02 Å². The van der Waals surface area contributed by atoms with E-state index in [9.17, 15) is 4.79 Å². The van der Waals surface area contributed by atoms with Crippen molar-refractivity contribution in [3.05, 3.63) is 70.4 Å². The van der Waals surface area contributed by atoms with Crippen molar-refractivity contribution in [2.45, 2.75) is 13.5 Å². The van der Waals surface area contributed by atoms with Crippen LogP contribution >= 0.6 is 11.6 Å². The van der Waals surface area contributed by atoms with Crippen molar-refractivity contribution in [2.24, 2.45) is 0 Å². The Hall–Kier alpha value is -2.26. The summed E-state index contributed by atoms with van der Waals surface area (Å²) in [4.78, 5) is 12.3. The van der Waals surface area contributed by atoms with Gasteiger partial charge in [0.2, 0.25) is 0 Å². The molecule has 0 saturated heterocycles. The fourth-order valence-corrected chi connectivity index (χ4v) is 2.49. The molecule has 1 amide bonds. The van der Waals surface area contributed by atoms with Crippen molar-refractivity contribution in [2.75, 3.05) is 0 Å². The number of hydrogen-bond acceptors (Lipinski definition) is 2. The second kappa shape index (κ2) is 5.62. The van der Waals surface area contributed by atoms with E-state index < -0.39 is 0 Å². The molecule has 0 radical (unpaired) electrons. The molecule has 2 aromatic carbocycles. The minimum atomic E-state index is -0.233. The van der Waals surface area contributed by atoms with Gasteiger partial charge >= 0.3 is 0 Å². The van der Waals surface area contributed by atoms with Crippen LogP contribution in [0, 0.1) is 6.92 Å². The highest BCUT2D eigenvalue weighted by Gasteiger charge is 2.17. The summed E-state index contributed by atoms with van der Waals surface area (Å²) in [5.41, 5.74) is 2.45. The predicted octanol–water partition coefficient (Wildman–Crippen LogP) is 4.32. The van der Waals surface area contributed by atoms with Crippen LogP contribution in [-0.4, -0.2) is 5.91 Å². The zero-order valence-electron chi connectivity index (χ0n) is 11.5. The molecule has 0 aliphatic carbocycles. The molecule has 0 aliphatic rings. The monoisotopic (exact) mass is 299 g/mol. The molecular formula is C17H14ClNO2. The second-order valence-corrected chi connectivity index (χ2v) is 5.23. The largest absolute Gasteiger partial charge is 0.451 e. The van der Waals surface area contributed by atoms with Gasteiger partial charge in [-0.25, -0.2) is 0 Å². The van der Waals surface area contributed by atoms with Crippen molar-refractivity contribution >= 4 is 28.5 Å². The van der Waals surface area contributed by atoms with E-state index in [0.717, 1.165) is 22.1 Å². The Labute approximate surface area is 127 Å². The standard InChI is InChI=1S/C17H14ClNO2/c1-11-13-7-3-5-9-15(13)21-16(11)17(20)19-10-12-6-2-4-8-14(12)18/h2-9H,10H2,1H3,(H,19,20). The van der Waals surface area contributed by atoms with Gasteiger partial charge in [-0.3, -0.25) is 4.79 Å². The van der Waals surface area contributed by atoms with Crippen molar-refractivity contribution in [1.29, 1.82) is 0 Å². The quantitative estimate of drug-likeness (QED) is 0.782. The number of benzene rings is 2. The van der Waals surface area contributed by atoms with Gasteiger partial charge in [-0.05, 0) is 24.6 Å². The molecule has 106 valence electrons. The number of furan rings is 1. The first-order valence-electron chi connectivity index (χ1n) is 6.66. The lowest BCUT2D eigenvalue weighted by Crippen LogP contribution is -2.23.